The maximum atomic E-state index is 5.38. The minimum Gasteiger partial charge on any atom is -0.338 e. The highest BCUT2D eigenvalue weighted by molar-refractivity contribution is 7.98. The van der Waals surface area contributed by atoms with E-state index in [1.165, 1.54) is 24.6 Å². The Labute approximate surface area is 160 Å². The van der Waals surface area contributed by atoms with Crippen molar-refractivity contribution in [3.05, 3.63) is 72.4 Å². The summed E-state index contributed by atoms with van der Waals surface area (Å²) in [4.78, 5) is 9.22. The maximum Gasteiger partial charge on any atom is 0.237 e. The fraction of sp³-hybridized carbons (Fsp3) is 0.200. The second kappa shape index (κ2) is 7.00. The van der Waals surface area contributed by atoms with Crippen LogP contribution in [0.3, 0.4) is 0 Å². The van der Waals surface area contributed by atoms with Crippen molar-refractivity contribution < 1.29 is 4.52 Å². The van der Waals surface area contributed by atoms with Gasteiger partial charge in [-0.15, -0.1) is 5.10 Å². The number of thioether (sulfide) groups is 1. The first-order chi connectivity index (χ1) is 13.4. The van der Waals surface area contributed by atoms with Crippen LogP contribution in [0.15, 0.2) is 70.3 Å². The van der Waals surface area contributed by atoms with E-state index in [1.807, 2.05) is 53.2 Å². The van der Waals surface area contributed by atoms with Gasteiger partial charge in [-0.05, 0) is 25.0 Å². The molecule has 0 saturated heterocycles. The average molecular weight is 375 g/mol. The summed E-state index contributed by atoms with van der Waals surface area (Å²) < 4.78 is 7.34. The second-order valence-corrected chi connectivity index (χ2v) is 7.38. The molecule has 2 heterocycles. The molecule has 1 aliphatic carbocycles. The summed E-state index contributed by atoms with van der Waals surface area (Å²) in [5.41, 5.74) is 1.99. The quantitative estimate of drug-likeness (QED) is 0.463. The van der Waals surface area contributed by atoms with Gasteiger partial charge in [-0.2, -0.15) is 4.98 Å². The van der Waals surface area contributed by atoms with E-state index in [-0.39, 0.29) is 0 Å². The summed E-state index contributed by atoms with van der Waals surface area (Å²) in [7, 11) is 0. The number of nitrogens with zero attached hydrogens (tertiary/aromatic N) is 5. The first-order valence-electron chi connectivity index (χ1n) is 8.90. The molecule has 0 spiro atoms. The first-order valence-corrected chi connectivity index (χ1v) is 9.88. The molecule has 0 N–H and O–H groups in total. The van der Waals surface area contributed by atoms with E-state index >= 15 is 0 Å². The van der Waals surface area contributed by atoms with Gasteiger partial charge < -0.3 is 4.52 Å². The third kappa shape index (κ3) is 3.50. The summed E-state index contributed by atoms with van der Waals surface area (Å²) in [6.45, 7) is 0. The van der Waals surface area contributed by atoms with Crippen LogP contribution >= 0.6 is 11.8 Å². The Morgan fingerprint density at radius 3 is 2.44 bits per heavy atom. The standard InChI is InChI=1S/C20H17N5OS/c1-3-7-14(8-4-1)18-21-17(26-24-18)13-27-20-22-19(15-11-12-15)25(23-20)16-9-5-2-6-10-16/h1-10,15H,11-13H2. The third-order valence-corrected chi connectivity index (χ3v) is 5.20. The van der Waals surface area contributed by atoms with Crippen LogP contribution in [0.1, 0.15) is 30.5 Å². The SMILES string of the molecule is c1ccc(-c2noc(CSc3nc(C4CC4)n(-c4ccccc4)n3)n2)cc1. The van der Waals surface area contributed by atoms with Gasteiger partial charge in [-0.25, -0.2) is 9.67 Å². The molecular weight excluding hydrogens is 358 g/mol. The minimum absolute atomic E-state index is 0.514. The Balaban J connectivity index is 1.34. The molecule has 27 heavy (non-hydrogen) atoms. The van der Waals surface area contributed by atoms with Gasteiger partial charge in [0.1, 0.15) is 5.82 Å². The highest BCUT2D eigenvalue weighted by atomic mass is 32.2. The lowest BCUT2D eigenvalue weighted by atomic mass is 10.2. The van der Waals surface area contributed by atoms with Crippen LogP contribution in [0.5, 0.6) is 0 Å². The summed E-state index contributed by atoms with van der Waals surface area (Å²) in [5.74, 6) is 3.28. The molecule has 0 amide bonds. The lowest BCUT2D eigenvalue weighted by Gasteiger charge is -2.03. The van der Waals surface area contributed by atoms with E-state index in [1.54, 1.807) is 0 Å². The first kappa shape index (κ1) is 16.3. The van der Waals surface area contributed by atoms with Crippen molar-refractivity contribution in [1.29, 1.82) is 0 Å². The fourth-order valence-corrected chi connectivity index (χ4v) is 3.54. The molecule has 2 aromatic carbocycles. The molecule has 0 unspecified atom stereocenters. The third-order valence-electron chi connectivity index (χ3n) is 4.38. The van der Waals surface area contributed by atoms with Crippen LogP contribution in [-0.4, -0.2) is 24.9 Å². The van der Waals surface area contributed by atoms with Gasteiger partial charge in [0.2, 0.25) is 16.9 Å². The summed E-state index contributed by atoms with van der Waals surface area (Å²) in [6.07, 6.45) is 2.36. The highest BCUT2D eigenvalue weighted by Crippen LogP contribution is 2.40. The number of para-hydroxylation sites is 1. The lowest BCUT2D eigenvalue weighted by molar-refractivity contribution is 0.391. The lowest BCUT2D eigenvalue weighted by Crippen LogP contribution is -2.01. The molecule has 6 nitrogen and oxygen atoms in total. The molecule has 5 rings (SSSR count). The van der Waals surface area contributed by atoms with Crippen LogP contribution in [0.4, 0.5) is 0 Å². The Kier molecular flexibility index (Phi) is 4.21. The van der Waals surface area contributed by atoms with Crippen LogP contribution < -0.4 is 0 Å². The molecule has 4 aromatic rings. The van der Waals surface area contributed by atoms with Crippen molar-refractivity contribution in [1.82, 2.24) is 24.9 Å². The molecule has 0 aliphatic heterocycles. The summed E-state index contributed by atoms with van der Waals surface area (Å²) in [6, 6.07) is 20.0. The molecular formula is C20H17N5OS. The maximum absolute atomic E-state index is 5.38. The van der Waals surface area contributed by atoms with Gasteiger partial charge in [-0.1, -0.05) is 65.4 Å². The Morgan fingerprint density at radius 2 is 1.70 bits per heavy atom. The number of hydrogen-bond acceptors (Lipinski definition) is 6. The van der Waals surface area contributed by atoms with Crippen molar-refractivity contribution in [3.8, 4) is 17.1 Å². The van der Waals surface area contributed by atoms with Crippen LogP contribution in [-0.2, 0) is 5.75 Å². The van der Waals surface area contributed by atoms with Crippen molar-refractivity contribution in [2.45, 2.75) is 29.7 Å². The van der Waals surface area contributed by atoms with Gasteiger partial charge in [0.25, 0.3) is 0 Å². The molecule has 134 valence electrons. The van der Waals surface area contributed by atoms with E-state index in [9.17, 15) is 0 Å². The van der Waals surface area contributed by atoms with Gasteiger partial charge in [0, 0.05) is 11.5 Å². The predicted molar refractivity (Wildman–Crippen MR) is 103 cm³/mol. The zero-order valence-electron chi connectivity index (χ0n) is 14.5. The monoisotopic (exact) mass is 375 g/mol. The zero-order valence-corrected chi connectivity index (χ0v) is 15.3. The molecule has 7 heteroatoms. The van der Waals surface area contributed by atoms with E-state index in [4.69, 9.17) is 14.6 Å². The van der Waals surface area contributed by atoms with E-state index in [0.717, 1.165) is 22.2 Å². The van der Waals surface area contributed by atoms with Gasteiger partial charge in [0.05, 0.1) is 11.4 Å². The van der Waals surface area contributed by atoms with Crippen molar-refractivity contribution >= 4 is 11.8 Å². The van der Waals surface area contributed by atoms with Gasteiger partial charge in [0.15, 0.2) is 0 Å². The largest absolute Gasteiger partial charge is 0.338 e. The number of benzene rings is 2. The summed E-state index contributed by atoms with van der Waals surface area (Å²) in [5, 5.41) is 9.50. The van der Waals surface area contributed by atoms with Crippen molar-refractivity contribution in [3.63, 3.8) is 0 Å². The van der Waals surface area contributed by atoms with E-state index < -0.39 is 0 Å². The fourth-order valence-electron chi connectivity index (χ4n) is 2.87. The predicted octanol–water partition coefficient (Wildman–Crippen LogP) is 4.49. The van der Waals surface area contributed by atoms with E-state index in [2.05, 4.69) is 22.3 Å². The number of rotatable bonds is 6. The molecule has 0 bridgehead atoms. The van der Waals surface area contributed by atoms with Crippen molar-refractivity contribution in [2.75, 3.05) is 0 Å². The van der Waals surface area contributed by atoms with Crippen LogP contribution in [0.2, 0.25) is 0 Å². The normalized spacial score (nSPS) is 13.8. The zero-order chi connectivity index (χ0) is 18.1. The smallest absolute Gasteiger partial charge is 0.237 e. The topological polar surface area (TPSA) is 69.6 Å². The second-order valence-electron chi connectivity index (χ2n) is 6.44. The summed E-state index contributed by atoms with van der Waals surface area (Å²) >= 11 is 1.52. The number of aromatic nitrogens is 5. The minimum atomic E-state index is 0.514. The molecule has 1 aliphatic rings. The molecule has 1 saturated carbocycles. The molecule has 0 radical (unpaired) electrons. The Morgan fingerprint density at radius 1 is 0.963 bits per heavy atom. The highest BCUT2D eigenvalue weighted by Gasteiger charge is 2.30. The molecule has 2 aromatic heterocycles. The van der Waals surface area contributed by atoms with Crippen molar-refractivity contribution in [2.24, 2.45) is 0 Å². The van der Waals surface area contributed by atoms with E-state index in [0.29, 0.717) is 23.4 Å². The average Bonchev–Trinajstić information content (AvgIpc) is 3.31. The molecule has 1 fully saturated rings. The van der Waals surface area contributed by atoms with Crippen LogP contribution in [0.25, 0.3) is 17.1 Å². The Hall–Kier alpha value is -2.93. The number of hydrogen-bond donors (Lipinski definition) is 0. The van der Waals surface area contributed by atoms with Crippen LogP contribution in [0, 0.1) is 0 Å². The van der Waals surface area contributed by atoms with Gasteiger partial charge >= 0.3 is 0 Å². The van der Waals surface area contributed by atoms with Gasteiger partial charge in [-0.3, -0.25) is 0 Å². The molecule has 0 atom stereocenters. The Bertz CT molecular complexity index is 1040.